The third kappa shape index (κ3) is 4.31. The number of carboxylic acids is 1. The van der Waals surface area contributed by atoms with Gasteiger partial charge in [0, 0.05) is 12.7 Å². The van der Waals surface area contributed by atoms with E-state index in [-0.39, 0.29) is 5.75 Å². The first-order valence-electron chi connectivity index (χ1n) is 7.80. The molecule has 1 saturated heterocycles. The molecule has 1 rings (SSSR count). The molecule has 5 N–H and O–H groups in total. The molecule has 5 atom stereocenters. The molecule has 1 aliphatic heterocycles. The maximum atomic E-state index is 12.8. The van der Waals surface area contributed by atoms with Crippen molar-refractivity contribution in [2.75, 3.05) is 5.75 Å². The minimum Gasteiger partial charge on any atom is -0.480 e. The van der Waals surface area contributed by atoms with Gasteiger partial charge in [0.25, 0.3) is 0 Å². The number of hydrogen-bond donors (Lipinski definition) is 5. The van der Waals surface area contributed by atoms with E-state index >= 15 is 0 Å². The Labute approximate surface area is 149 Å². The average molecular weight is 376 g/mol. The van der Waals surface area contributed by atoms with E-state index < -0.39 is 58.5 Å². The molecular weight excluding hydrogens is 352 g/mol. The normalized spacial score (nSPS) is 28.4. The van der Waals surface area contributed by atoms with E-state index in [4.69, 9.17) is 5.11 Å². The first-order valence-corrected chi connectivity index (χ1v) is 8.79. The summed E-state index contributed by atoms with van der Waals surface area (Å²) < 4.78 is 0. The van der Waals surface area contributed by atoms with Crippen LogP contribution in [0, 0.1) is 11.8 Å². The number of carbonyl (C=O) groups excluding carboxylic acids is 3. The van der Waals surface area contributed by atoms with Crippen LogP contribution < -0.4 is 10.6 Å². The number of carboxylic acid groups (broad SMARTS) is 1. The van der Waals surface area contributed by atoms with Gasteiger partial charge < -0.3 is 26.0 Å². The molecule has 0 radical (unpaired) electrons. The summed E-state index contributed by atoms with van der Waals surface area (Å²) in [5.74, 6) is -4.12. The third-order valence-electron chi connectivity index (χ3n) is 4.18. The third-order valence-corrected chi connectivity index (χ3v) is 5.28. The summed E-state index contributed by atoms with van der Waals surface area (Å²) in [5, 5.41) is 33.8. The molecule has 0 aromatic carbocycles. The lowest BCUT2D eigenvalue weighted by molar-refractivity contribution is -0.140. The minimum atomic E-state index is -1.92. The molecule has 2 amide bonds. The van der Waals surface area contributed by atoms with Crippen LogP contribution in [0.5, 0.6) is 0 Å². The number of aliphatic hydroxyl groups excluding tert-OH is 2. The van der Waals surface area contributed by atoms with E-state index in [1.807, 2.05) is 0 Å². The van der Waals surface area contributed by atoms with Crippen LogP contribution in [0.15, 0.2) is 0 Å². The van der Waals surface area contributed by atoms with Gasteiger partial charge in [-0.25, -0.2) is 4.79 Å². The molecule has 0 bridgehead atoms. The van der Waals surface area contributed by atoms with E-state index in [1.165, 1.54) is 6.92 Å². The van der Waals surface area contributed by atoms with E-state index in [0.717, 1.165) is 6.92 Å². The summed E-state index contributed by atoms with van der Waals surface area (Å²) in [4.78, 5) is 46.9. The summed E-state index contributed by atoms with van der Waals surface area (Å²) >= 11 is 0.535. The van der Waals surface area contributed by atoms with Gasteiger partial charge in [0.05, 0.1) is 18.1 Å². The Kier molecular flexibility index (Phi) is 6.98. The second-order valence-corrected chi connectivity index (χ2v) is 7.46. The molecule has 0 unspecified atom stereocenters. The zero-order valence-corrected chi connectivity index (χ0v) is 15.3. The predicted octanol–water partition coefficient (Wildman–Crippen LogP) is -1.28. The van der Waals surface area contributed by atoms with Gasteiger partial charge in [-0.05, 0) is 5.92 Å². The van der Waals surface area contributed by atoms with E-state index in [2.05, 4.69) is 10.6 Å². The van der Waals surface area contributed by atoms with Crippen molar-refractivity contribution in [3.8, 4) is 0 Å². The number of aliphatic hydroxyl groups is 2. The van der Waals surface area contributed by atoms with Crippen molar-refractivity contribution in [1.82, 2.24) is 10.6 Å². The van der Waals surface area contributed by atoms with Crippen molar-refractivity contribution in [3.63, 3.8) is 0 Å². The summed E-state index contributed by atoms with van der Waals surface area (Å²) in [6.45, 7) is 5.84. The van der Waals surface area contributed by atoms with Crippen LogP contribution >= 0.6 is 11.8 Å². The molecule has 1 aliphatic rings. The maximum Gasteiger partial charge on any atom is 0.327 e. The van der Waals surface area contributed by atoms with Crippen LogP contribution in [0.1, 0.15) is 27.7 Å². The molecular formula is C15H24N2O7S. The van der Waals surface area contributed by atoms with Gasteiger partial charge in [0.15, 0.2) is 5.54 Å². The smallest absolute Gasteiger partial charge is 0.327 e. The van der Waals surface area contributed by atoms with Crippen molar-refractivity contribution in [2.45, 2.75) is 51.5 Å². The second-order valence-electron chi connectivity index (χ2n) is 6.47. The van der Waals surface area contributed by atoms with Crippen LogP contribution in [-0.4, -0.2) is 67.8 Å². The van der Waals surface area contributed by atoms with Crippen molar-refractivity contribution in [3.05, 3.63) is 0 Å². The highest BCUT2D eigenvalue weighted by atomic mass is 32.2. The Morgan fingerprint density at radius 1 is 1.36 bits per heavy atom. The molecule has 0 aromatic heterocycles. The van der Waals surface area contributed by atoms with Crippen molar-refractivity contribution in [1.29, 1.82) is 0 Å². The second kappa shape index (κ2) is 8.15. The number of rotatable bonds is 7. The summed E-state index contributed by atoms with van der Waals surface area (Å²) in [7, 11) is 0. The van der Waals surface area contributed by atoms with Crippen LogP contribution in [0.3, 0.4) is 0 Å². The van der Waals surface area contributed by atoms with Crippen LogP contribution in [-0.2, 0) is 19.2 Å². The van der Waals surface area contributed by atoms with E-state index in [1.54, 1.807) is 13.8 Å². The lowest BCUT2D eigenvalue weighted by Gasteiger charge is -2.37. The molecule has 1 fully saturated rings. The molecule has 0 aliphatic carbocycles. The maximum absolute atomic E-state index is 12.8. The zero-order valence-electron chi connectivity index (χ0n) is 14.5. The van der Waals surface area contributed by atoms with E-state index in [9.17, 15) is 29.4 Å². The Morgan fingerprint density at radius 2 is 1.92 bits per heavy atom. The Hall–Kier alpha value is -1.65. The molecule has 142 valence electrons. The fourth-order valence-corrected chi connectivity index (χ4v) is 3.77. The fourth-order valence-electron chi connectivity index (χ4n) is 2.70. The molecule has 25 heavy (non-hydrogen) atoms. The van der Waals surface area contributed by atoms with Crippen LogP contribution in [0.2, 0.25) is 0 Å². The lowest BCUT2D eigenvalue weighted by Crippen LogP contribution is -2.64. The highest BCUT2D eigenvalue weighted by Gasteiger charge is 2.60. The summed E-state index contributed by atoms with van der Waals surface area (Å²) in [6, 6.07) is -1.31. The first kappa shape index (κ1) is 21.4. The summed E-state index contributed by atoms with van der Waals surface area (Å²) in [5.41, 5.74) is -1.92. The Balaban J connectivity index is 3.04. The van der Waals surface area contributed by atoms with Gasteiger partial charge in [0.2, 0.25) is 16.9 Å². The van der Waals surface area contributed by atoms with Crippen molar-refractivity contribution < 1.29 is 34.5 Å². The molecule has 0 saturated carbocycles. The van der Waals surface area contributed by atoms with Gasteiger partial charge in [-0.1, -0.05) is 32.5 Å². The largest absolute Gasteiger partial charge is 0.480 e. The van der Waals surface area contributed by atoms with Crippen molar-refractivity contribution in [2.24, 2.45) is 11.8 Å². The monoisotopic (exact) mass is 376 g/mol. The zero-order chi connectivity index (χ0) is 19.5. The molecule has 9 nitrogen and oxygen atoms in total. The quantitative estimate of drug-likeness (QED) is 0.368. The van der Waals surface area contributed by atoms with Gasteiger partial charge in [0.1, 0.15) is 6.04 Å². The van der Waals surface area contributed by atoms with Crippen molar-refractivity contribution >= 4 is 34.7 Å². The lowest BCUT2D eigenvalue weighted by atomic mass is 9.81. The van der Waals surface area contributed by atoms with Gasteiger partial charge in [-0.2, -0.15) is 0 Å². The Morgan fingerprint density at radius 3 is 2.28 bits per heavy atom. The molecule has 0 spiro atoms. The average Bonchev–Trinajstić information content (AvgIpc) is 2.74. The number of carbonyl (C=O) groups is 4. The van der Waals surface area contributed by atoms with E-state index in [0.29, 0.717) is 11.8 Å². The fraction of sp³-hybridized carbons (Fsp3) is 0.733. The number of hydrogen-bond acceptors (Lipinski definition) is 7. The SMILES string of the molecule is CC(=O)N[C@@H](CSC(=O)[C@@]1([C@H](O)C(C)C)NC(=O)[C@H](C)[C@H]1O)C(=O)O. The Bertz CT molecular complexity index is 568. The summed E-state index contributed by atoms with van der Waals surface area (Å²) in [6.07, 6.45) is -2.82. The van der Waals surface area contributed by atoms with Crippen LogP contribution in [0.4, 0.5) is 0 Å². The number of amides is 2. The van der Waals surface area contributed by atoms with Gasteiger partial charge in [-0.3, -0.25) is 14.4 Å². The molecule has 1 heterocycles. The van der Waals surface area contributed by atoms with Gasteiger partial charge in [-0.15, -0.1) is 0 Å². The topological polar surface area (TPSA) is 153 Å². The molecule has 0 aromatic rings. The van der Waals surface area contributed by atoms with Crippen LogP contribution in [0.25, 0.3) is 0 Å². The highest BCUT2D eigenvalue weighted by Crippen LogP contribution is 2.36. The van der Waals surface area contributed by atoms with Gasteiger partial charge >= 0.3 is 5.97 Å². The number of aliphatic carboxylic acids is 1. The predicted molar refractivity (Wildman–Crippen MR) is 89.6 cm³/mol. The standard InChI is InChI=1S/C15H24N2O7S/c1-6(2)10(19)15(11(20)7(3)12(21)17-15)14(24)25-5-9(13(22)23)16-8(4)18/h6-7,9-11,19-20H,5H2,1-4H3,(H,16,18)(H,17,21)(H,22,23)/t7-,9+,10-,11-,15+/m1/s1. The minimum absolute atomic E-state index is 0.308. The molecule has 10 heteroatoms. The highest BCUT2D eigenvalue weighted by molar-refractivity contribution is 8.13. The number of nitrogens with one attached hydrogen (secondary N) is 2. The number of thioether (sulfide) groups is 1. The first-order chi connectivity index (χ1) is 11.4.